The monoisotopic (exact) mass is 747 g/mol. The number of pyridine rings is 2. The van der Waals surface area contributed by atoms with Gasteiger partial charge in [0.05, 0.1) is 22.4 Å². The summed E-state index contributed by atoms with van der Waals surface area (Å²) in [6, 6.07) is 59.6. The summed E-state index contributed by atoms with van der Waals surface area (Å²) in [5.74, 6) is 1.05. The molecule has 2 bridgehead atoms. The van der Waals surface area contributed by atoms with Crippen LogP contribution in [0.1, 0.15) is 34.9 Å². The number of fused-ring (bicyclic) bond motifs is 12. The normalized spacial score (nSPS) is 18.8. The van der Waals surface area contributed by atoms with Gasteiger partial charge in [0.15, 0.2) is 0 Å². The molecule has 270 valence electrons. The minimum atomic E-state index is 0.0451. The van der Waals surface area contributed by atoms with Crippen molar-refractivity contribution >= 4 is 64.1 Å². The first-order valence-electron chi connectivity index (χ1n) is 19.9. The Balaban J connectivity index is 0.940. The number of benzene rings is 7. The van der Waals surface area contributed by atoms with Crippen LogP contribution in [0.4, 0.5) is 0 Å². The van der Waals surface area contributed by atoms with Crippen LogP contribution in [0.15, 0.2) is 176 Å². The zero-order valence-corrected chi connectivity index (χ0v) is 32.0. The SMILES string of the molecule is NC1C=CC2CC1c1c(ccc3c1sc1ccccc13)[C@H]2c1ccc(-c2ccc(-c3ccc4ccc5ccc(-c6ccccc6)nc5c4n3)c3ccccc23)cc1. The topological polar surface area (TPSA) is 51.8 Å². The van der Waals surface area contributed by atoms with E-state index in [4.69, 9.17) is 15.7 Å². The lowest BCUT2D eigenvalue weighted by Gasteiger charge is -2.42. The van der Waals surface area contributed by atoms with E-state index in [1.54, 1.807) is 0 Å². The number of hydrogen-bond donors (Lipinski definition) is 1. The van der Waals surface area contributed by atoms with Crippen molar-refractivity contribution in [2.24, 2.45) is 11.7 Å². The third-order valence-electron chi connectivity index (χ3n) is 12.7. The Kier molecular flexibility index (Phi) is 7.35. The maximum Gasteiger partial charge on any atom is 0.0972 e. The van der Waals surface area contributed by atoms with Crippen molar-refractivity contribution in [2.45, 2.75) is 24.3 Å². The largest absolute Gasteiger partial charge is 0.324 e. The lowest BCUT2D eigenvalue weighted by Crippen LogP contribution is -2.37. The molecule has 0 radical (unpaired) electrons. The summed E-state index contributed by atoms with van der Waals surface area (Å²) in [4.78, 5) is 10.5. The fourth-order valence-electron chi connectivity index (χ4n) is 9.96. The molecular weight excluding hydrogens is 711 g/mol. The van der Waals surface area contributed by atoms with Crippen LogP contribution in [0.25, 0.3) is 86.4 Å². The summed E-state index contributed by atoms with van der Waals surface area (Å²) in [6.07, 6.45) is 5.75. The standard InChI is InChI=1S/C53H37N3S/c54-45-27-20-36-30-44(45)50-43(26-25-42-41-12-6-7-13-48(41)57-53(42)50)49(36)33-16-14-31(15-17-33)37-23-24-40(39-11-5-4-10-38(37)39)47-29-22-35-19-18-34-21-28-46(32-8-2-1-3-9-32)55-51(34)52(35)56-47/h1-29,36,44-45,49H,30,54H2/t36?,44?,45?,49-/m0/s1. The lowest BCUT2D eigenvalue weighted by molar-refractivity contribution is 0.388. The Morgan fingerprint density at radius 2 is 1.16 bits per heavy atom. The maximum atomic E-state index is 6.83. The van der Waals surface area contributed by atoms with Gasteiger partial charge in [0.2, 0.25) is 0 Å². The van der Waals surface area contributed by atoms with Gasteiger partial charge in [0, 0.05) is 59.9 Å². The molecule has 7 aromatic carbocycles. The van der Waals surface area contributed by atoms with Gasteiger partial charge < -0.3 is 5.73 Å². The molecule has 0 spiro atoms. The molecule has 2 aliphatic carbocycles. The van der Waals surface area contributed by atoms with Crippen molar-refractivity contribution in [3.63, 3.8) is 0 Å². The fourth-order valence-corrected chi connectivity index (χ4v) is 11.3. The van der Waals surface area contributed by atoms with Crippen LogP contribution in [-0.4, -0.2) is 16.0 Å². The second kappa shape index (κ2) is 12.8. The number of allylic oxidation sites excluding steroid dienone is 1. The van der Waals surface area contributed by atoms with Crippen LogP contribution in [0.3, 0.4) is 0 Å². The molecule has 4 heteroatoms. The van der Waals surface area contributed by atoms with E-state index < -0.39 is 0 Å². The molecule has 0 amide bonds. The molecule has 2 aliphatic rings. The first kappa shape index (κ1) is 32.8. The van der Waals surface area contributed by atoms with Gasteiger partial charge in [-0.05, 0) is 69.1 Å². The summed E-state index contributed by atoms with van der Waals surface area (Å²) < 4.78 is 2.76. The van der Waals surface area contributed by atoms with Gasteiger partial charge in [-0.2, -0.15) is 0 Å². The third-order valence-corrected chi connectivity index (χ3v) is 13.9. The number of hydrogen-bond acceptors (Lipinski definition) is 4. The van der Waals surface area contributed by atoms with Crippen molar-refractivity contribution in [1.29, 1.82) is 0 Å². The molecule has 0 saturated heterocycles. The molecule has 2 N–H and O–H groups in total. The molecule has 0 aliphatic heterocycles. The van der Waals surface area contributed by atoms with Crippen molar-refractivity contribution < 1.29 is 0 Å². The van der Waals surface area contributed by atoms with Crippen molar-refractivity contribution in [3.8, 4) is 33.6 Å². The van der Waals surface area contributed by atoms with Gasteiger partial charge in [0.1, 0.15) is 0 Å². The molecule has 3 heterocycles. The van der Waals surface area contributed by atoms with Crippen molar-refractivity contribution in [3.05, 3.63) is 193 Å². The smallest absolute Gasteiger partial charge is 0.0972 e. The van der Waals surface area contributed by atoms with Crippen molar-refractivity contribution in [2.75, 3.05) is 0 Å². The molecule has 0 saturated carbocycles. The highest BCUT2D eigenvalue weighted by Gasteiger charge is 2.40. The predicted octanol–water partition coefficient (Wildman–Crippen LogP) is 13.4. The average Bonchev–Trinajstić information content (AvgIpc) is 3.66. The minimum Gasteiger partial charge on any atom is -0.324 e. The molecule has 12 rings (SSSR count). The van der Waals surface area contributed by atoms with E-state index in [2.05, 4.69) is 170 Å². The molecule has 3 nitrogen and oxygen atoms in total. The zero-order chi connectivity index (χ0) is 37.6. The fraction of sp³-hybridized carbons (Fsp3) is 0.0943. The van der Waals surface area contributed by atoms with Gasteiger partial charge in [-0.1, -0.05) is 158 Å². The first-order chi connectivity index (χ1) is 28.2. The first-order valence-corrected chi connectivity index (χ1v) is 20.7. The van der Waals surface area contributed by atoms with Gasteiger partial charge in [0.25, 0.3) is 0 Å². The molecule has 3 unspecified atom stereocenters. The second-order valence-electron chi connectivity index (χ2n) is 15.8. The number of rotatable bonds is 4. The van der Waals surface area contributed by atoms with Crippen LogP contribution in [-0.2, 0) is 0 Å². The van der Waals surface area contributed by atoms with Gasteiger partial charge in [-0.25, -0.2) is 9.97 Å². The Labute approximate surface area is 334 Å². The van der Waals surface area contributed by atoms with Crippen LogP contribution in [0.5, 0.6) is 0 Å². The minimum absolute atomic E-state index is 0.0451. The number of nitrogens with zero attached hydrogens (tertiary/aromatic N) is 2. The molecule has 3 aromatic heterocycles. The lowest BCUT2D eigenvalue weighted by atomic mass is 9.63. The molecular formula is C53H37N3S. The summed E-state index contributed by atoms with van der Waals surface area (Å²) in [5, 5.41) is 7.28. The Bertz CT molecular complexity index is 3250. The van der Waals surface area contributed by atoms with Gasteiger partial charge >= 0.3 is 0 Å². The molecule has 4 atom stereocenters. The molecule has 0 fully saturated rings. The second-order valence-corrected chi connectivity index (χ2v) is 16.8. The van der Waals surface area contributed by atoms with Crippen LogP contribution in [0.2, 0.25) is 0 Å². The average molecular weight is 748 g/mol. The van der Waals surface area contributed by atoms with E-state index in [1.807, 2.05) is 17.4 Å². The van der Waals surface area contributed by atoms with E-state index in [0.29, 0.717) is 11.8 Å². The Morgan fingerprint density at radius 3 is 1.95 bits per heavy atom. The van der Waals surface area contributed by atoms with E-state index in [0.717, 1.165) is 50.7 Å². The summed E-state index contributed by atoms with van der Waals surface area (Å²) in [6.45, 7) is 0. The van der Waals surface area contributed by atoms with E-state index in [-0.39, 0.29) is 12.0 Å². The van der Waals surface area contributed by atoms with E-state index >= 15 is 0 Å². The Morgan fingerprint density at radius 1 is 0.509 bits per heavy atom. The quantitative estimate of drug-likeness (QED) is 0.144. The van der Waals surface area contributed by atoms with E-state index in [9.17, 15) is 0 Å². The highest BCUT2D eigenvalue weighted by molar-refractivity contribution is 7.26. The third kappa shape index (κ3) is 5.14. The molecule has 10 aromatic rings. The summed E-state index contributed by atoms with van der Waals surface area (Å²) in [5.41, 5.74) is 19.5. The Hall–Kier alpha value is -6.46. The van der Waals surface area contributed by atoms with E-state index in [1.165, 1.54) is 58.8 Å². The zero-order valence-electron chi connectivity index (χ0n) is 31.1. The van der Waals surface area contributed by atoms with Crippen LogP contribution >= 0.6 is 11.3 Å². The van der Waals surface area contributed by atoms with Gasteiger partial charge in [-0.3, -0.25) is 0 Å². The van der Waals surface area contributed by atoms with Gasteiger partial charge in [-0.15, -0.1) is 11.3 Å². The number of nitrogens with two attached hydrogens (primary N) is 1. The highest BCUT2D eigenvalue weighted by Crippen LogP contribution is 2.54. The predicted molar refractivity (Wildman–Crippen MR) is 240 cm³/mol. The number of aromatic nitrogens is 2. The summed E-state index contributed by atoms with van der Waals surface area (Å²) in [7, 11) is 0. The highest BCUT2D eigenvalue weighted by atomic mass is 32.1. The van der Waals surface area contributed by atoms with Crippen LogP contribution in [0, 0.1) is 5.92 Å². The number of thiophene rings is 1. The summed E-state index contributed by atoms with van der Waals surface area (Å²) >= 11 is 1.93. The maximum absolute atomic E-state index is 6.83. The van der Waals surface area contributed by atoms with Crippen molar-refractivity contribution in [1.82, 2.24) is 9.97 Å². The molecule has 57 heavy (non-hydrogen) atoms. The van der Waals surface area contributed by atoms with Crippen LogP contribution < -0.4 is 5.73 Å².